The summed E-state index contributed by atoms with van der Waals surface area (Å²) in [5, 5.41) is 0. The SMILES string of the molecule is CC1(c2nc3nc(N)[nH]c(=O)c3[nH]2)CCCC1N. The van der Waals surface area contributed by atoms with E-state index in [2.05, 4.69) is 26.9 Å². The van der Waals surface area contributed by atoms with Crippen molar-refractivity contribution in [2.45, 2.75) is 37.6 Å². The molecule has 1 saturated carbocycles. The van der Waals surface area contributed by atoms with E-state index in [1.165, 1.54) is 0 Å². The van der Waals surface area contributed by atoms with Gasteiger partial charge in [0.15, 0.2) is 11.2 Å². The summed E-state index contributed by atoms with van der Waals surface area (Å²) in [7, 11) is 0. The number of imidazole rings is 1. The minimum absolute atomic E-state index is 0.0505. The molecule has 3 rings (SSSR count). The highest BCUT2D eigenvalue weighted by Gasteiger charge is 2.40. The molecule has 0 bridgehead atoms. The van der Waals surface area contributed by atoms with Crippen LogP contribution in [0.2, 0.25) is 0 Å². The van der Waals surface area contributed by atoms with Gasteiger partial charge in [0, 0.05) is 11.5 Å². The Hall–Kier alpha value is -1.89. The number of rotatable bonds is 1. The molecule has 2 atom stereocenters. The molecule has 7 nitrogen and oxygen atoms in total. The van der Waals surface area contributed by atoms with E-state index in [9.17, 15) is 4.79 Å². The number of anilines is 1. The number of fused-ring (bicyclic) bond motifs is 1. The molecular weight excluding hydrogens is 232 g/mol. The number of hydrogen-bond donors (Lipinski definition) is 4. The Morgan fingerprint density at radius 3 is 2.83 bits per heavy atom. The van der Waals surface area contributed by atoms with E-state index in [0.29, 0.717) is 11.2 Å². The molecule has 1 fully saturated rings. The Morgan fingerprint density at radius 1 is 1.39 bits per heavy atom. The second kappa shape index (κ2) is 3.55. The van der Waals surface area contributed by atoms with Gasteiger partial charge in [-0.1, -0.05) is 13.3 Å². The van der Waals surface area contributed by atoms with Crippen molar-refractivity contribution >= 4 is 17.1 Å². The molecule has 0 aliphatic heterocycles. The molecule has 1 aliphatic rings. The van der Waals surface area contributed by atoms with E-state index < -0.39 is 0 Å². The lowest BCUT2D eigenvalue weighted by Gasteiger charge is -2.26. The van der Waals surface area contributed by atoms with Crippen LogP contribution in [-0.2, 0) is 5.41 Å². The summed E-state index contributed by atoms with van der Waals surface area (Å²) in [6, 6.07) is 0.0505. The average Bonchev–Trinajstić information content (AvgIpc) is 2.85. The summed E-state index contributed by atoms with van der Waals surface area (Å²) in [5.41, 5.74) is 11.8. The maximum atomic E-state index is 11.7. The lowest BCUT2D eigenvalue weighted by atomic mass is 9.84. The van der Waals surface area contributed by atoms with Crippen molar-refractivity contribution in [3.63, 3.8) is 0 Å². The largest absolute Gasteiger partial charge is 0.369 e. The highest BCUT2D eigenvalue weighted by molar-refractivity contribution is 5.70. The Kier molecular flexibility index (Phi) is 2.21. The summed E-state index contributed by atoms with van der Waals surface area (Å²) in [4.78, 5) is 25.7. The summed E-state index contributed by atoms with van der Waals surface area (Å²) < 4.78 is 0. The zero-order chi connectivity index (χ0) is 12.9. The molecule has 2 heterocycles. The van der Waals surface area contributed by atoms with Crippen molar-refractivity contribution < 1.29 is 0 Å². The molecule has 0 radical (unpaired) electrons. The fourth-order valence-corrected chi connectivity index (χ4v) is 2.68. The number of nitrogens with zero attached hydrogens (tertiary/aromatic N) is 2. The van der Waals surface area contributed by atoms with Crippen LogP contribution in [0.4, 0.5) is 5.95 Å². The first-order chi connectivity index (χ1) is 8.50. The van der Waals surface area contributed by atoms with Crippen LogP contribution in [0.1, 0.15) is 32.0 Å². The topological polar surface area (TPSA) is 126 Å². The smallest absolute Gasteiger partial charge is 0.278 e. The van der Waals surface area contributed by atoms with Gasteiger partial charge < -0.3 is 16.5 Å². The van der Waals surface area contributed by atoms with Gasteiger partial charge in [0.25, 0.3) is 5.56 Å². The Labute approximate surface area is 103 Å². The van der Waals surface area contributed by atoms with Crippen LogP contribution >= 0.6 is 0 Å². The summed E-state index contributed by atoms with van der Waals surface area (Å²) in [6.45, 7) is 2.07. The number of nitrogen functional groups attached to an aromatic ring is 1. The molecular formula is C11H16N6O. The molecule has 0 amide bonds. The van der Waals surface area contributed by atoms with E-state index in [0.717, 1.165) is 25.1 Å². The van der Waals surface area contributed by atoms with Gasteiger partial charge in [-0.2, -0.15) is 4.98 Å². The quantitative estimate of drug-likeness (QED) is 0.565. The first kappa shape index (κ1) is 11.2. The number of aromatic nitrogens is 4. The standard InChI is InChI=1S/C11H16N6O/c1-11(4-2-3-5(11)12)9-14-6-7(15-9)16-10(13)17-8(6)18/h5H,2-4,12H2,1H3,(H4,13,14,15,16,17,18). The van der Waals surface area contributed by atoms with Gasteiger partial charge in [0.1, 0.15) is 5.82 Å². The van der Waals surface area contributed by atoms with Gasteiger partial charge in [-0.15, -0.1) is 0 Å². The van der Waals surface area contributed by atoms with Crippen molar-refractivity contribution in [3.05, 3.63) is 16.2 Å². The van der Waals surface area contributed by atoms with E-state index >= 15 is 0 Å². The molecule has 96 valence electrons. The van der Waals surface area contributed by atoms with Crippen molar-refractivity contribution in [3.8, 4) is 0 Å². The fourth-order valence-electron chi connectivity index (χ4n) is 2.68. The third-order valence-electron chi connectivity index (χ3n) is 3.95. The molecule has 2 aromatic rings. The summed E-state index contributed by atoms with van der Waals surface area (Å²) in [5.74, 6) is 0.803. The van der Waals surface area contributed by atoms with E-state index in [4.69, 9.17) is 11.5 Å². The highest BCUT2D eigenvalue weighted by Crippen LogP contribution is 2.38. The van der Waals surface area contributed by atoms with E-state index in [-0.39, 0.29) is 23.0 Å². The minimum atomic E-state index is -0.300. The van der Waals surface area contributed by atoms with Crippen LogP contribution in [0.3, 0.4) is 0 Å². The van der Waals surface area contributed by atoms with E-state index in [1.807, 2.05) is 0 Å². The van der Waals surface area contributed by atoms with E-state index in [1.54, 1.807) is 0 Å². The molecule has 1 aliphatic carbocycles. The predicted molar refractivity (Wildman–Crippen MR) is 68.1 cm³/mol. The third kappa shape index (κ3) is 1.43. The minimum Gasteiger partial charge on any atom is -0.369 e. The molecule has 0 saturated heterocycles. The lowest BCUT2D eigenvalue weighted by molar-refractivity contribution is 0.408. The molecule has 7 heteroatoms. The predicted octanol–water partition coefficient (Wildman–Crippen LogP) is -0.00270. The number of aromatic amines is 2. The van der Waals surface area contributed by atoms with Crippen molar-refractivity contribution in [1.82, 2.24) is 19.9 Å². The van der Waals surface area contributed by atoms with Crippen LogP contribution in [0.15, 0.2) is 4.79 Å². The monoisotopic (exact) mass is 248 g/mol. The van der Waals surface area contributed by atoms with Gasteiger partial charge in [-0.25, -0.2) is 4.98 Å². The molecule has 2 unspecified atom stereocenters. The van der Waals surface area contributed by atoms with Gasteiger partial charge in [-0.05, 0) is 12.8 Å². The van der Waals surface area contributed by atoms with Crippen LogP contribution in [0.5, 0.6) is 0 Å². The van der Waals surface area contributed by atoms with Crippen LogP contribution in [0, 0.1) is 0 Å². The molecule has 2 aromatic heterocycles. The Morgan fingerprint density at radius 2 is 2.17 bits per heavy atom. The first-order valence-corrected chi connectivity index (χ1v) is 6.02. The molecule has 6 N–H and O–H groups in total. The maximum absolute atomic E-state index is 11.7. The Bertz CT molecular complexity index is 659. The Balaban J connectivity index is 2.20. The summed E-state index contributed by atoms with van der Waals surface area (Å²) >= 11 is 0. The zero-order valence-electron chi connectivity index (χ0n) is 10.2. The van der Waals surface area contributed by atoms with Gasteiger partial charge in [0.2, 0.25) is 5.95 Å². The number of nitrogens with one attached hydrogen (secondary N) is 2. The number of H-pyrrole nitrogens is 2. The van der Waals surface area contributed by atoms with Crippen LogP contribution in [0.25, 0.3) is 11.2 Å². The molecule has 18 heavy (non-hydrogen) atoms. The third-order valence-corrected chi connectivity index (χ3v) is 3.95. The average molecular weight is 248 g/mol. The van der Waals surface area contributed by atoms with Crippen LogP contribution < -0.4 is 17.0 Å². The van der Waals surface area contributed by atoms with Crippen molar-refractivity contribution in [2.24, 2.45) is 5.73 Å². The van der Waals surface area contributed by atoms with Gasteiger partial charge in [-0.3, -0.25) is 9.78 Å². The number of hydrogen-bond acceptors (Lipinski definition) is 5. The first-order valence-electron chi connectivity index (χ1n) is 6.02. The summed E-state index contributed by atoms with van der Waals surface area (Å²) in [6.07, 6.45) is 3.00. The zero-order valence-corrected chi connectivity index (χ0v) is 10.2. The van der Waals surface area contributed by atoms with Crippen molar-refractivity contribution in [2.75, 3.05) is 5.73 Å². The molecule has 0 spiro atoms. The lowest BCUT2D eigenvalue weighted by Crippen LogP contribution is -2.39. The van der Waals surface area contributed by atoms with Gasteiger partial charge in [0.05, 0.1) is 0 Å². The molecule has 0 aromatic carbocycles. The van der Waals surface area contributed by atoms with Crippen LogP contribution in [-0.4, -0.2) is 26.0 Å². The maximum Gasteiger partial charge on any atom is 0.278 e. The normalized spacial score (nSPS) is 28.0. The van der Waals surface area contributed by atoms with Gasteiger partial charge >= 0.3 is 0 Å². The second-order valence-electron chi connectivity index (χ2n) is 5.15. The number of nitrogens with two attached hydrogens (primary N) is 2. The highest BCUT2D eigenvalue weighted by atomic mass is 16.1. The fraction of sp³-hybridized carbons (Fsp3) is 0.545. The van der Waals surface area contributed by atoms with Crippen molar-refractivity contribution in [1.29, 1.82) is 0 Å². The second-order valence-corrected chi connectivity index (χ2v) is 5.15.